The summed E-state index contributed by atoms with van der Waals surface area (Å²) < 4.78 is 0. The molecule has 0 radical (unpaired) electrons. The molecular weight excluding hydrogens is 266 g/mol. The van der Waals surface area contributed by atoms with Crippen LogP contribution in [0.5, 0.6) is 0 Å². The van der Waals surface area contributed by atoms with Crippen LogP contribution in [-0.2, 0) is 5.54 Å². The molecule has 0 amide bonds. The smallest absolute Gasteiger partial charge is 0.0679 e. The summed E-state index contributed by atoms with van der Waals surface area (Å²) in [5, 5.41) is 13.7. The van der Waals surface area contributed by atoms with Crippen LogP contribution in [0.3, 0.4) is 0 Å². The topological polar surface area (TPSA) is 32.3 Å². The Bertz CT molecular complexity index is 380. The Morgan fingerprint density at radius 3 is 2.60 bits per heavy atom. The summed E-state index contributed by atoms with van der Waals surface area (Å²) in [6.45, 7) is 2.42. The van der Waals surface area contributed by atoms with Gasteiger partial charge in [-0.3, -0.25) is 0 Å². The van der Waals surface area contributed by atoms with Gasteiger partial charge >= 0.3 is 0 Å². The molecular formula is C17H27NOS. The molecule has 0 saturated heterocycles. The van der Waals surface area contributed by atoms with Gasteiger partial charge in [-0.1, -0.05) is 43.7 Å². The second-order valence-electron chi connectivity index (χ2n) is 5.74. The minimum absolute atomic E-state index is 0.182. The molecule has 3 heteroatoms. The molecule has 1 aromatic rings. The molecule has 1 unspecified atom stereocenters. The van der Waals surface area contributed by atoms with Crippen LogP contribution in [0.2, 0.25) is 0 Å². The number of nitrogens with one attached hydrogen (secondary N) is 1. The van der Waals surface area contributed by atoms with Gasteiger partial charge in [-0.15, -0.1) is 0 Å². The van der Waals surface area contributed by atoms with Gasteiger partial charge in [0, 0.05) is 6.04 Å². The normalized spacial score (nSPS) is 17.9. The van der Waals surface area contributed by atoms with Crippen LogP contribution in [0, 0.1) is 0 Å². The highest BCUT2D eigenvalue weighted by Gasteiger charge is 2.36. The second-order valence-corrected chi connectivity index (χ2v) is 6.97. The van der Waals surface area contributed by atoms with Crippen LogP contribution < -0.4 is 5.32 Å². The maximum atomic E-state index is 10.0. The van der Waals surface area contributed by atoms with Gasteiger partial charge in [-0.25, -0.2) is 0 Å². The fourth-order valence-corrected chi connectivity index (χ4v) is 3.68. The van der Waals surface area contributed by atoms with Gasteiger partial charge in [-0.2, -0.15) is 11.8 Å². The number of hydrogen-bond acceptors (Lipinski definition) is 3. The summed E-state index contributed by atoms with van der Waals surface area (Å²) in [7, 11) is 0. The Hall–Kier alpha value is -0.510. The Morgan fingerprint density at radius 1 is 1.25 bits per heavy atom. The fraction of sp³-hybridized carbons (Fsp3) is 0.647. The third-order valence-electron chi connectivity index (χ3n) is 3.97. The maximum Gasteiger partial charge on any atom is 0.0679 e. The summed E-state index contributed by atoms with van der Waals surface area (Å²) in [5.41, 5.74) is 0.979. The first-order valence-electron chi connectivity index (χ1n) is 7.82. The van der Waals surface area contributed by atoms with E-state index in [2.05, 4.69) is 36.5 Å². The van der Waals surface area contributed by atoms with Crippen LogP contribution in [-0.4, -0.2) is 29.3 Å². The summed E-state index contributed by atoms with van der Waals surface area (Å²) in [6.07, 6.45) is 6.04. The van der Waals surface area contributed by atoms with Gasteiger partial charge in [0.15, 0.2) is 0 Å². The molecule has 1 saturated carbocycles. The number of rotatable bonds is 10. The Labute approximate surface area is 127 Å². The first kappa shape index (κ1) is 15.9. The van der Waals surface area contributed by atoms with E-state index < -0.39 is 0 Å². The molecule has 0 aliphatic heterocycles. The zero-order chi connectivity index (χ0) is 14.3. The van der Waals surface area contributed by atoms with Crippen molar-refractivity contribution in [1.29, 1.82) is 0 Å². The van der Waals surface area contributed by atoms with Gasteiger partial charge in [0.25, 0.3) is 0 Å². The van der Waals surface area contributed by atoms with Crippen LogP contribution in [0.4, 0.5) is 0 Å². The van der Waals surface area contributed by atoms with E-state index >= 15 is 0 Å². The molecule has 0 spiro atoms. The van der Waals surface area contributed by atoms with E-state index in [0.29, 0.717) is 6.04 Å². The molecule has 2 nitrogen and oxygen atoms in total. The Balaban J connectivity index is 1.98. The van der Waals surface area contributed by atoms with Crippen molar-refractivity contribution in [2.24, 2.45) is 0 Å². The minimum Gasteiger partial charge on any atom is -0.394 e. The van der Waals surface area contributed by atoms with Crippen molar-refractivity contribution in [3.63, 3.8) is 0 Å². The highest BCUT2D eigenvalue weighted by Crippen LogP contribution is 2.32. The van der Waals surface area contributed by atoms with E-state index in [4.69, 9.17) is 0 Å². The summed E-state index contributed by atoms with van der Waals surface area (Å²) in [4.78, 5) is 0. The van der Waals surface area contributed by atoms with Gasteiger partial charge in [-0.05, 0) is 42.8 Å². The SMILES string of the molecule is CCCCSCCC(CO)(NC1CC1)c1ccccc1. The molecule has 1 atom stereocenters. The van der Waals surface area contributed by atoms with Crippen molar-refractivity contribution in [2.45, 2.75) is 50.6 Å². The minimum atomic E-state index is -0.248. The number of benzene rings is 1. The average Bonchev–Trinajstić information content (AvgIpc) is 3.30. The first-order chi connectivity index (χ1) is 9.80. The van der Waals surface area contributed by atoms with Crippen molar-refractivity contribution in [3.05, 3.63) is 35.9 Å². The lowest BCUT2D eigenvalue weighted by Gasteiger charge is -2.34. The first-order valence-corrected chi connectivity index (χ1v) is 8.98. The number of thioether (sulfide) groups is 1. The van der Waals surface area contributed by atoms with Crippen molar-refractivity contribution in [1.82, 2.24) is 5.32 Å². The van der Waals surface area contributed by atoms with Crippen molar-refractivity contribution < 1.29 is 5.11 Å². The zero-order valence-corrected chi connectivity index (χ0v) is 13.3. The third kappa shape index (κ3) is 4.51. The van der Waals surface area contributed by atoms with Gasteiger partial charge < -0.3 is 10.4 Å². The molecule has 1 fully saturated rings. The highest BCUT2D eigenvalue weighted by atomic mass is 32.2. The van der Waals surface area contributed by atoms with E-state index in [9.17, 15) is 5.11 Å². The van der Waals surface area contributed by atoms with E-state index in [1.54, 1.807) is 0 Å². The fourth-order valence-electron chi connectivity index (χ4n) is 2.49. The molecule has 0 aromatic heterocycles. The molecule has 1 aliphatic rings. The molecule has 112 valence electrons. The molecule has 1 aliphatic carbocycles. The monoisotopic (exact) mass is 293 g/mol. The van der Waals surface area contributed by atoms with Crippen molar-refractivity contribution >= 4 is 11.8 Å². The van der Waals surface area contributed by atoms with Gasteiger partial charge in [0.1, 0.15) is 0 Å². The largest absolute Gasteiger partial charge is 0.394 e. The van der Waals surface area contributed by atoms with Crippen LogP contribution >= 0.6 is 11.8 Å². The number of unbranched alkanes of at least 4 members (excludes halogenated alkanes) is 1. The van der Waals surface area contributed by atoms with Gasteiger partial charge in [0.2, 0.25) is 0 Å². The predicted octanol–water partition coefficient (Wildman–Crippen LogP) is 3.55. The van der Waals surface area contributed by atoms with E-state index in [0.717, 1.165) is 12.2 Å². The van der Waals surface area contributed by atoms with E-state index in [-0.39, 0.29) is 12.1 Å². The lowest BCUT2D eigenvalue weighted by Crippen LogP contribution is -2.47. The number of aliphatic hydroxyl groups excluding tert-OH is 1. The van der Waals surface area contributed by atoms with Crippen molar-refractivity contribution in [3.8, 4) is 0 Å². The average molecular weight is 293 g/mol. The third-order valence-corrected chi connectivity index (χ3v) is 5.04. The Kier molecular flexibility index (Phi) is 6.40. The summed E-state index contributed by atoms with van der Waals surface area (Å²) in [6, 6.07) is 11.1. The second kappa shape index (κ2) is 8.06. The maximum absolute atomic E-state index is 10.0. The standard InChI is InChI=1S/C17H27NOS/c1-2-3-12-20-13-11-17(14-19,18-16-9-10-16)15-7-5-4-6-8-15/h4-8,16,18-19H,2-3,9-14H2,1H3. The summed E-state index contributed by atoms with van der Waals surface area (Å²) in [5.74, 6) is 2.34. The molecule has 20 heavy (non-hydrogen) atoms. The lowest BCUT2D eigenvalue weighted by molar-refractivity contribution is 0.154. The molecule has 1 aromatic carbocycles. The van der Waals surface area contributed by atoms with Crippen LogP contribution in [0.1, 0.15) is 44.6 Å². The van der Waals surface area contributed by atoms with Crippen molar-refractivity contribution in [2.75, 3.05) is 18.1 Å². The molecule has 0 bridgehead atoms. The quantitative estimate of drug-likeness (QED) is 0.647. The molecule has 0 heterocycles. The molecule has 2 N–H and O–H groups in total. The molecule has 2 rings (SSSR count). The lowest BCUT2D eigenvalue weighted by atomic mass is 9.87. The van der Waals surface area contributed by atoms with E-state index in [1.165, 1.54) is 37.0 Å². The van der Waals surface area contributed by atoms with E-state index in [1.807, 2.05) is 17.8 Å². The predicted molar refractivity (Wildman–Crippen MR) is 88.2 cm³/mol. The van der Waals surface area contributed by atoms with Gasteiger partial charge in [0.05, 0.1) is 12.1 Å². The summed E-state index contributed by atoms with van der Waals surface area (Å²) >= 11 is 2.01. The number of aliphatic hydroxyl groups is 1. The van der Waals surface area contributed by atoms with Crippen LogP contribution in [0.25, 0.3) is 0 Å². The highest BCUT2D eigenvalue weighted by molar-refractivity contribution is 7.99. The van der Waals surface area contributed by atoms with Crippen LogP contribution in [0.15, 0.2) is 30.3 Å². The number of hydrogen-bond donors (Lipinski definition) is 2. The Morgan fingerprint density at radius 2 is 2.00 bits per heavy atom. The zero-order valence-electron chi connectivity index (χ0n) is 12.5.